The molecule has 0 aromatic rings. The first-order valence-corrected chi connectivity index (χ1v) is 6.98. The molecular weight excluding hydrogens is 200 g/mol. The van der Waals surface area contributed by atoms with Crippen LogP contribution in [0.3, 0.4) is 0 Å². The number of hydrogen-bond donors (Lipinski definition) is 2. The maximum atomic E-state index is 5.83. The molecule has 0 unspecified atom stereocenters. The van der Waals surface area contributed by atoms with Crippen LogP contribution in [-0.2, 0) is 4.74 Å². The normalized spacial score (nSPS) is 23.2. The molecule has 16 heavy (non-hydrogen) atoms. The summed E-state index contributed by atoms with van der Waals surface area (Å²) >= 11 is 0. The van der Waals surface area contributed by atoms with Gasteiger partial charge in [0.2, 0.25) is 0 Å². The number of hydrogen-bond acceptors (Lipinski definition) is 3. The van der Waals surface area contributed by atoms with Crippen LogP contribution in [0.5, 0.6) is 0 Å². The van der Waals surface area contributed by atoms with E-state index in [1.54, 1.807) is 0 Å². The van der Waals surface area contributed by atoms with E-state index < -0.39 is 0 Å². The summed E-state index contributed by atoms with van der Waals surface area (Å²) < 4.78 is 5.83. The van der Waals surface area contributed by atoms with Gasteiger partial charge in [-0.1, -0.05) is 19.3 Å². The van der Waals surface area contributed by atoms with Crippen LogP contribution in [0, 0.1) is 5.92 Å². The number of rotatable bonds is 7. The second-order valence-electron chi connectivity index (χ2n) is 5.16. The van der Waals surface area contributed by atoms with E-state index in [0.29, 0.717) is 6.10 Å². The summed E-state index contributed by atoms with van der Waals surface area (Å²) in [7, 11) is 0. The van der Waals surface area contributed by atoms with Gasteiger partial charge in [-0.2, -0.15) is 0 Å². The molecule has 2 aliphatic rings. The second kappa shape index (κ2) is 7.25. The topological polar surface area (TPSA) is 33.3 Å². The molecule has 0 atom stereocenters. The van der Waals surface area contributed by atoms with Gasteiger partial charge < -0.3 is 15.4 Å². The van der Waals surface area contributed by atoms with Crippen molar-refractivity contribution in [2.45, 2.75) is 44.6 Å². The van der Waals surface area contributed by atoms with Crippen molar-refractivity contribution in [2.75, 3.05) is 32.8 Å². The second-order valence-corrected chi connectivity index (χ2v) is 5.16. The lowest BCUT2D eigenvalue weighted by Crippen LogP contribution is -2.34. The highest BCUT2D eigenvalue weighted by atomic mass is 16.5. The average molecular weight is 226 g/mol. The van der Waals surface area contributed by atoms with Crippen LogP contribution in [-0.4, -0.2) is 38.9 Å². The molecular formula is C13H26N2O. The molecule has 0 aromatic heterocycles. The van der Waals surface area contributed by atoms with E-state index in [0.717, 1.165) is 32.2 Å². The summed E-state index contributed by atoms with van der Waals surface area (Å²) in [4.78, 5) is 0. The highest BCUT2D eigenvalue weighted by Crippen LogP contribution is 2.28. The first-order chi connectivity index (χ1) is 7.95. The first-order valence-electron chi connectivity index (χ1n) is 6.98. The molecule has 2 N–H and O–H groups in total. The zero-order chi connectivity index (χ0) is 11.1. The molecule has 1 saturated heterocycles. The number of nitrogens with one attached hydrogen (secondary N) is 2. The van der Waals surface area contributed by atoms with Crippen LogP contribution in [0.2, 0.25) is 0 Å². The zero-order valence-electron chi connectivity index (χ0n) is 10.3. The lowest BCUT2D eigenvalue weighted by Gasteiger charge is -2.25. The monoisotopic (exact) mass is 226 g/mol. The summed E-state index contributed by atoms with van der Waals surface area (Å²) in [6.07, 6.45) is 8.64. The van der Waals surface area contributed by atoms with Gasteiger partial charge in [-0.25, -0.2) is 0 Å². The molecule has 1 aliphatic heterocycles. The Morgan fingerprint density at radius 3 is 2.56 bits per heavy atom. The minimum absolute atomic E-state index is 0.509. The Morgan fingerprint density at radius 2 is 1.88 bits per heavy atom. The van der Waals surface area contributed by atoms with Crippen molar-refractivity contribution in [3.8, 4) is 0 Å². The van der Waals surface area contributed by atoms with E-state index >= 15 is 0 Å². The first kappa shape index (κ1) is 12.3. The van der Waals surface area contributed by atoms with Crippen molar-refractivity contribution >= 4 is 0 Å². The lowest BCUT2D eigenvalue weighted by atomic mass is 9.83. The molecule has 1 heterocycles. The van der Waals surface area contributed by atoms with E-state index in [-0.39, 0.29) is 0 Å². The standard InChI is InChI=1S/C13H26N2O/c1-2-12(3-1)4-7-15-10-11-16-13-5-8-14-9-6-13/h12-15H,1-11H2. The van der Waals surface area contributed by atoms with Crippen molar-refractivity contribution in [1.82, 2.24) is 10.6 Å². The van der Waals surface area contributed by atoms with Crippen LogP contribution in [0.4, 0.5) is 0 Å². The van der Waals surface area contributed by atoms with E-state index in [1.807, 2.05) is 0 Å². The Bertz CT molecular complexity index is 177. The van der Waals surface area contributed by atoms with Crippen molar-refractivity contribution in [1.29, 1.82) is 0 Å². The SMILES string of the molecule is C1CC(CCNCCOC2CCNCC2)C1. The Morgan fingerprint density at radius 1 is 1.06 bits per heavy atom. The van der Waals surface area contributed by atoms with Gasteiger partial charge >= 0.3 is 0 Å². The minimum Gasteiger partial charge on any atom is -0.377 e. The molecule has 3 heteroatoms. The van der Waals surface area contributed by atoms with Gasteiger partial charge in [0.25, 0.3) is 0 Å². The fraction of sp³-hybridized carbons (Fsp3) is 1.00. The molecule has 0 spiro atoms. The van der Waals surface area contributed by atoms with Gasteiger partial charge in [0.05, 0.1) is 12.7 Å². The molecule has 2 fully saturated rings. The maximum Gasteiger partial charge on any atom is 0.0600 e. The third kappa shape index (κ3) is 4.40. The smallest absolute Gasteiger partial charge is 0.0600 e. The van der Waals surface area contributed by atoms with Crippen molar-refractivity contribution in [3.05, 3.63) is 0 Å². The van der Waals surface area contributed by atoms with Gasteiger partial charge in [0.15, 0.2) is 0 Å². The number of ether oxygens (including phenoxy) is 1. The van der Waals surface area contributed by atoms with Crippen molar-refractivity contribution in [2.24, 2.45) is 5.92 Å². The zero-order valence-corrected chi connectivity index (χ0v) is 10.3. The van der Waals surface area contributed by atoms with Gasteiger partial charge in [0, 0.05) is 6.54 Å². The highest BCUT2D eigenvalue weighted by molar-refractivity contribution is 4.70. The Hall–Kier alpha value is -0.120. The Kier molecular flexibility index (Phi) is 5.59. The third-order valence-electron chi connectivity index (χ3n) is 3.87. The summed E-state index contributed by atoms with van der Waals surface area (Å²) in [6.45, 7) is 5.34. The molecule has 1 saturated carbocycles. The van der Waals surface area contributed by atoms with Crippen molar-refractivity contribution < 1.29 is 4.74 Å². The van der Waals surface area contributed by atoms with E-state index in [9.17, 15) is 0 Å². The van der Waals surface area contributed by atoms with Gasteiger partial charge in [-0.15, -0.1) is 0 Å². The fourth-order valence-electron chi connectivity index (χ4n) is 2.47. The van der Waals surface area contributed by atoms with Gasteiger partial charge in [-0.3, -0.25) is 0 Å². The largest absolute Gasteiger partial charge is 0.377 e. The summed E-state index contributed by atoms with van der Waals surface area (Å²) in [6, 6.07) is 0. The van der Waals surface area contributed by atoms with Crippen LogP contribution in [0.1, 0.15) is 38.5 Å². The van der Waals surface area contributed by atoms with Gasteiger partial charge in [-0.05, 0) is 44.8 Å². The Labute approximate surface area is 99.3 Å². The summed E-state index contributed by atoms with van der Waals surface area (Å²) in [5.41, 5.74) is 0. The predicted octanol–water partition coefficient (Wildman–Crippen LogP) is 1.53. The van der Waals surface area contributed by atoms with E-state index in [4.69, 9.17) is 4.74 Å². The fourth-order valence-corrected chi connectivity index (χ4v) is 2.47. The van der Waals surface area contributed by atoms with Gasteiger partial charge in [0.1, 0.15) is 0 Å². The van der Waals surface area contributed by atoms with E-state index in [2.05, 4.69) is 10.6 Å². The summed E-state index contributed by atoms with van der Waals surface area (Å²) in [5, 5.41) is 6.84. The molecule has 94 valence electrons. The maximum absolute atomic E-state index is 5.83. The van der Waals surface area contributed by atoms with E-state index in [1.165, 1.54) is 45.1 Å². The average Bonchev–Trinajstić information content (AvgIpc) is 2.27. The highest BCUT2D eigenvalue weighted by Gasteiger charge is 2.16. The minimum atomic E-state index is 0.509. The molecule has 0 amide bonds. The number of piperidine rings is 1. The Balaban J connectivity index is 1.36. The molecule has 0 aromatic carbocycles. The third-order valence-corrected chi connectivity index (χ3v) is 3.87. The molecule has 2 rings (SSSR count). The predicted molar refractivity (Wildman–Crippen MR) is 66.7 cm³/mol. The molecule has 0 bridgehead atoms. The van der Waals surface area contributed by atoms with Crippen LogP contribution in [0.25, 0.3) is 0 Å². The lowest BCUT2D eigenvalue weighted by molar-refractivity contribution is 0.0347. The molecule has 0 radical (unpaired) electrons. The molecule has 3 nitrogen and oxygen atoms in total. The van der Waals surface area contributed by atoms with Crippen molar-refractivity contribution in [3.63, 3.8) is 0 Å². The molecule has 1 aliphatic carbocycles. The van der Waals surface area contributed by atoms with Crippen LogP contribution in [0.15, 0.2) is 0 Å². The van der Waals surface area contributed by atoms with Crippen LogP contribution >= 0.6 is 0 Å². The summed E-state index contributed by atoms with van der Waals surface area (Å²) in [5.74, 6) is 1.03. The van der Waals surface area contributed by atoms with Crippen LogP contribution < -0.4 is 10.6 Å². The quantitative estimate of drug-likeness (QED) is 0.646.